The number of ether oxygens (including phenoxy) is 1. The minimum atomic E-state index is -1.25. The van der Waals surface area contributed by atoms with Crippen LogP contribution in [-0.2, 0) is 23.2 Å². The Morgan fingerprint density at radius 2 is 1.91 bits per heavy atom. The number of carbonyl (C=O) groups excluding carboxylic acids is 1. The molecule has 4 fully saturated rings. The van der Waals surface area contributed by atoms with Crippen molar-refractivity contribution in [1.29, 1.82) is 0 Å². The number of carbonyl (C=O) groups is 1. The number of halogens is 1. The number of aryl methyl sites for hydroxylation is 1. The Bertz CT molecular complexity index is 1740. The Labute approximate surface area is 266 Å². The fraction of sp³-hybridized carbons (Fsp3) is 0.471. The molecule has 12 heteroatoms. The molecular formula is C34H38FN7O4. The highest BCUT2D eigenvalue weighted by Crippen LogP contribution is 2.44. The average Bonchev–Trinajstić information content (AvgIpc) is 3.32. The summed E-state index contributed by atoms with van der Waals surface area (Å²) in [6.45, 7) is 3.22. The van der Waals surface area contributed by atoms with E-state index in [1.54, 1.807) is 44.0 Å². The SMILES string of the molecule is Cn1cc(-c2ccnc(N3C=CN4C5CCCCC5C(F)C4C3=O)c2CO)cc(Nc2ccc(C3CN(C4COC4)C3)cn2)c1=O. The molecule has 5 aliphatic rings. The summed E-state index contributed by atoms with van der Waals surface area (Å²) in [6, 6.07) is 7.07. The molecule has 3 aromatic heterocycles. The minimum absolute atomic E-state index is 0.0333. The molecule has 7 heterocycles. The first-order valence-corrected chi connectivity index (χ1v) is 16.2. The highest BCUT2D eigenvalue weighted by atomic mass is 19.1. The summed E-state index contributed by atoms with van der Waals surface area (Å²) in [4.78, 5) is 41.7. The molecular weight excluding hydrogens is 589 g/mol. The predicted molar refractivity (Wildman–Crippen MR) is 170 cm³/mol. The third kappa shape index (κ3) is 4.81. The quantitative estimate of drug-likeness (QED) is 0.407. The first-order valence-electron chi connectivity index (χ1n) is 16.2. The van der Waals surface area contributed by atoms with Gasteiger partial charge in [-0.25, -0.2) is 14.4 Å². The molecule has 8 rings (SSSR count). The molecule has 11 nitrogen and oxygen atoms in total. The van der Waals surface area contributed by atoms with Crippen LogP contribution in [0.15, 0.2) is 60.1 Å². The zero-order valence-electron chi connectivity index (χ0n) is 25.8. The van der Waals surface area contributed by atoms with Gasteiger partial charge in [-0.2, -0.15) is 0 Å². The third-order valence-electron chi connectivity index (χ3n) is 10.6. The second kappa shape index (κ2) is 11.6. The number of fused-ring (bicyclic) bond motifs is 3. The highest BCUT2D eigenvalue weighted by molar-refractivity contribution is 6.01. The van der Waals surface area contributed by atoms with Crippen molar-refractivity contribution in [2.45, 2.75) is 62.5 Å². The number of pyridine rings is 3. The summed E-state index contributed by atoms with van der Waals surface area (Å²) in [5.41, 5.74) is 2.92. The molecule has 4 unspecified atom stereocenters. The lowest BCUT2D eigenvalue weighted by Gasteiger charge is -2.47. The van der Waals surface area contributed by atoms with Crippen LogP contribution in [0.4, 0.5) is 21.7 Å². The van der Waals surface area contributed by atoms with Gasteiger partial charge in [-0.1, -0.05) is 18.9 Å². The van der Waals surface area contributed by atoms with Crippen LogP contribution >= 0.6 is 0 Å². The molecule has 46 heavy (non-hydrogen) atoms. The van der Waals surface area contributed by atoms with Crippen LogP contribution < -0.4 is 15.8 Å². The van der Waals surface area contributed by atoms with Gasteiger partial charge in [0.25, 0.3) is 11.5 Å². The second-order valence-electron chi connectivity index (χ2n) is 13.2. The van der Waals surface area contributed by atoms with Crippen LogP contribution in [0.3, 0.4) is 0 Å². The van der Waals surface area contributed by atoms with Crippen molar-refractivity contribution in [3.05, 3.63) is 76.7 Å². The number of nitrogens with one attached hydrogen (secondary N) is 1. The number of aromatic nitrogens is 3. The standard InChI is InChI=1S/C34H38FN7O4/c1-39-14-21(12-27(33(39)44)38-29-7-6-20(13-37-29)22-15-40(16-22)23-18-46-19-23)24-8-9-36-32(26(24)17-43)42-11-10-41-28-5-3-2-4-25(28)30(35)31(41)34(42)45/h6-14,22-23,25,28,30-31,43H,2-5,15-19H2,1H3,(H,37,38). The van der Waals surface area contributed by atoms with Crippen molar-refractivity contribution >= 4 is 23.2 Å². The molecule has 1 aliphatic carbocycles. The number of aliphatic hydroxyl groups excluding tert-OH is 1. The van der Waals surface area contributed by atoms with Gasteiger partial charge in [-0.05, 0) is 42.2 Å². The van der Waals surface area contributed by atoms with E-state index >= 15 is 4.39 Å². The molecule has 1 amide bonds. The highest BCUT2D eigenvalue weighted by Gasteiger charge is 2.54. The summed E-state index contributed by atoms with van der Waals surface area (Å²) < 4.78 is 22.4. The maximum Gasteiger partial charge on any atom is 0.274 e. The van der Waals surface area contributed by atoms with Gasteiger partial charge in [-0.15, -0.1) is 0 Å². The van der Waals surface area contributed by atoms with Crippen molar-refractivity contribution in [3.63, 3.8) is 0 Å². The maximum absolute atomic E-state index is 15.7. The van der Waals surface area contributed by atoms with Crippen LogP contribution in [-0.4, -0.2) is 85.9 Å². The fourth-order valence-corrected chi connectivity index (χ4v) is 7.87. The van der Waals surface area contributed by atoms with Gasteiger partial charge in [0, 0.05) is 80.1 Å². The summed E-state index contributed by atoms with van der Waals surface area (Å²) in [5.74, 6) is 0.707. The number of anilines is 3. The normalized spacial score (nSPS) is 26.5. The molecule has 4 atom stereocenters. The van der Waals surface area contributed by atoms with Crippen molar-refractivity contribution in [2.24, 2.45) is 13.0 Å². The molecule has 4 aliphatic heterocycles. The Morgan fingerprint density at radius 1 is 1.09 bits per heavy atom. The largest absolute Gasteiger partial charge is 0.392 e. The molecule has 0 spiro atoms. The number of likely N-dealkylation sites (tertiary alicyclic amines) is 1. The predicted octanol–water partition coefficient (Wildman–Crippen LogP) is 3.28. The Morgan fingerprint density at radius 3 is 2.65 bits per heavy atom. The monoisotopic (exact) mass is 627 g/mol. The van der Waals surface area contributed by atoms with Crippen LogP contribution in [0.5, 0.6) is 0 Å². The molecule has 1 saturated carbocycles. The maximum atomic E-state index is 15.7. The molecule has 3 saturated heterocycles. The van der Waals surface area contributed by atoms with Crippen molar-refractivity contribution in [1.82, 2.24) is 24.3 Å². The average molecular weight is 628 g/mol. The summed E-state index contributed by atoms with van der Waals surface area (Å²) in [7, 11) is 1.66. The molecule has 0 radical (unpaired) electrons. The third-order valence-corrected chi connectivity index (χ3v) is 10.6. The number of nitrogens with zero attached hydrogens (tertiary/aromatic N) is 6. The van der Waals surface area contributed by atoms with Crippen LogP contribution in [0.2, 0.25) is 0 Å². The van der Waals surface area contributed by atoms with E-state index in [-0.39, 0.29) is 29.2 Å². The van der Waals surface area contributed by atoms with Crippen LogP contribution in [0.25, 0.3) is 11.1 Å². The van der Waals surface area contributed by atoms with Crippen molar-refractivity contribution < 1.29 is 19.0 Å². The van der Waals surface area contributed by atoms with Gasteiger partial charge in [-0.3, -0.25) is 19.4 Å². The summed E-state index contributed by atoms with van der Waals surface area (Å²) in [5, 5.41) is 13.8. The first-order chi connectivity index (χ1) is 22.4. The number of aliphatic hydroxyl groups is 1. The summed E-state index contributed by atoms with van der Waals surface area (Å²) >= 11 is 0. The zero-order chi connectivity index (χ0) is 31.5. The zero-order valence-corrected chi connectivity index (χ0v) is 25.8. The van der Waals surface area contributed by atoms with Crippen LogP contribution in [0, 0.1) is 5.92 Å². The smallest absolute Gasteiger partial charge is 0.274 e. The lowest BCUT2D eigenvalue weighted by Crippen LogP contribution is -2.58. The molecule has 0 bridgehead atoms. The number of alkyl halides is 1. The summed E-state index contributed by atoms with van der Waals surface area (Å²) in [6.07, 6.45) is 11.0. The molecule has 2 N–H and O–H groups in total. The van der Waals surface area contributed by atoms with E-state index in [9.17, 15) is 14.7 Å². The lowest BCUT2D eigenvalue weighted by atomic mass is 9.84. The van der Waals surface area contributed by atoms with E-state index in [0.29, 0.717) is 40.2 Å². The topological polar surface area (TPSA) is 116 Å². The first kappa shape index (κ1) is 29.3. The second-order valence-corrected chi connectivity index (χ2v) is 13.2. The number of amides is 1. The van der Waals surface area contributed by atoms with E-state index in [0.717, 1.165) is 52.0 Å². The van der Waals surface area contributed by atoms with E-state index in [2.05, 4.69) is 20.2 Å². The Kier molecular flexibility index (Phi) is 7.38. The Hall–Kier alpha value is -4.13. The lowest BCUT2D eigenvalue weighted by molar-refractivity contribution is -0.123. The van der Waals surface area contributed by atoms with E-state index < -0.39 is 18.8 Å². The van der Waals surface area contributed by atoms with E-state index in [1.165, 1.54) is 15.0 Å². The van der Waals surface area contributed by atoms with Gasteiger partial charge in [0.1, 0.15) is 29.5 Å². The van der Waals surface area contributed by atoms with Gasteiger partial charge in [0.15, 0.2) is 0 Å². The number of hydrogen-bond acceptors (Lipinski definition) is 9. The number of rotatable bonds is 7. The van der Waals surface area contributed by atoms with Crippen molar-refractivity contribution in [3.8, 4) is 11.1 Å². The van der Waals surface area contributed by atoms with E-state index in [4.69, 9.17) is 4.74 Å². The van der Waals surface area contributed by atoms with Gasteiger partial charge in [0.05, 0.1) is 25.9 Å². The van der Waals surface area contributed by atoms with Gasteiger partial charge < -0.3 is 24.6 Å². The van der Waals surface area contributed by atoms with Gasteiger partial charge >= 0.3 is 0 Å². The van der Waals surface area contributed by atoms with Gasteiger partial charge in [0.2, 0.25) is 0 Å². The van der Waals surface area contributed by atoms with E-state index in [1.807, 2.05) is 23.2 Å². The number of hydrogen-bond donors (Lipinski definition) is 2. The van der Waals surface area contributed by atoms with Crippen LogP contribution in [0.1, 0.15) is 42.7 Å². The molecule has 3 aromatic rings. The fourth-order valence-electron chi connectivity index (χ4n) is 7.87. The molecule has 0 aromatic carbocycles. The Balaban J connectivity index is 1.05. The van der Waals surface area contributed by atoms with Crippen molar-refractivity contribution in [2.75, 3.05) is 36.5 Å². The minimum Gasteiger partial charge on any atom is -0.392 e. The molecule has 240 valence electrons.